The van der Waals surface area contributed by atoms with E-state index in [2.05, 4.69) is 6.92 Å². The lowest BCUT2D eigenvalue weighted by molar-refractivity contribution is -0.0390. The van der Waals surface area contributed by atoms with Gasteiger partial charge in [0.15, 0.2) is 6.29 Å². The fourth-order valence-corrected chi connectivity index (χ4v) is 1.41. The van der Waals surface area contributed by atoms with Crippen LogP contribution in [-0.4, -0.2) is 12.9 Å². The minimum absolute atomic E-state index is 0.0253. The van der Waals surface area contributed by atoms with Crippen molar-refractivity contribution in [3.63, 3.8) is 0 Å². The molecule has 1 aliphatic rings. The summed E-state index contributed by atoms with van der Waals surface area (Å²) in [5.74, 6) is 0.900. The van der Waals surface area contributed by atoms with Gasteiger partial charge < -0.3 is 9.47 Å². The largest absolute Gasteiger partial charge is 0.465 e. The van der Waals surface area contributed by atoms with Crippen molar-refractivity contribution in [2.24, 2.45) is 0 Å². The topological polar surface area (TPSA) is 18.5 Å². The number of hydrogen-bond donors (Lipinski definition) is 0. The van der Waals surface area contributed by atoms with Gasteiger partial charge in [-0.2, -0.15) is 0 Å². The molecule has 0 aromatic heterocycles. The highest BCUT2D eigenvalue weighted by Crippen LogP contribution is 2.19. The summed E-state index contributed by atoms with van der Waals surface area (Å²) in [5.41, 5.74) is 1.25. The lowest BCUT2D eigenvalue weighted by Crippen LogP contribution is -2.13. The summed E-state index contributed by atoms with van der Waals surface area (Å²) in [4.78, 5) is 0. The maximum absolute atomic E-state index is 5.61. The lowest BCUT2D eigenvalue weighted by atomic mass is 10.2. The third-order valence-corrected chi connectivity index (χ3v) is 2.18. The van der Waals surface area contributed by atoms with E-state index < -0.39 is 0 Å². The molecule has 0 radical (unpaired) electrons. The van der Waals surface area contributed by atoms with Gasteiger partial charge in [0, 0.05) is 6.42 Å². The van der Waals surface area contributed by atoms with Crippen LogP contribution in [0.5, 0.6) is 5.75 Å². The molecule has 70 valence electrons. The molecule has 0 amide bonds. The summed E-state index contributed by atoms with van der Waals surface area (Å²) in [7, 11) is 0. The molecule has 1 unspecified atom stereocenters. The fourth-order valence-electron chi connectivity index (χ4n) is 1.41. The third kappa shape index (κ3) is 2.22. The summed E-state index contributed by atoms with van der Waals surface area (Å²) in [5, 5.41) is 0. The highest BCUT2D eigenvalue weighted by Gasteiger charge is 2.16. The van der Waals surface area contributed by atoms with E-state index in [9.17, 15) is 0 Å². The summed E-state index contributed by atoms with van der Waals surface area (Å²) in [6.07, 6.45) is 2.09. The highest BCUT2D eigenvalue weighted by molar-refractivity contribution is 5.26. The van der Waals surface area contributed by atoms with Crippen LogP contribution in [0.3, 0.4) is 0 Å². The molecule has 0 spiro atoms. The van der Waals surface area contributed by atoms with Gasteiger partial charge >= 0.3 is 0 Å². The second kappa shape index (κ2) is 3.79. The van der Waals surface area contributed by atoms with E-state index in [1.807, 2.05) is 24.3 Å². The van der Waals surface area contributed by atoms with Crippen LogP contribution in [0.2, 0.25) is 0 Å². The van der Waals surface area contributed by atoms with Crippen LogP contribution in [0, 0.1) is 6.92 Å². The molecular formula is C11H14O2. The first kappa shape index (κ1) is 8.57. The number of ether oxygens (including phenoxy) is 2. The molecule has 2 heteroatoms. The Morgan fingerprint density at radius 1 is 1.31 bits per heavy atom. The molecule has 1 fully saturated rings. The summed E-state index contributed by atoms with van der Waals surface area (Å²) in [6.45, 7) is 2.90. The van der Waals surface area contributed by atoms with E-state index in [1.54, 1.807) is 0 Å². The molecule has 0 N–H and O–H groups in total. The Bertz CT molecular complexity index is 260. The van der Waals surface area contributed by atoms with Gasteiger partial charge in [-0.15, -0.1) is 0 Å². The summed E-state index contributed by atoms with van der Waals surface area (Å²) >= 11 is 0. The van der Waals surface area contributed by atoms with E-state index in [0.29, 0.717) is 0 Å². The average Bonchev–Trinajstić information content (AvgIpc) is 2.62. The second-order valence-electron chi connectivity index (χ2n) is 3.37. The maximum Gasteiger partial charge on any atom is 0.199 e. The van der Waals surface area contributed by atoms with Crippen LogP contribution in [0.4, 0.5) is 0 Å². The van der Waals surface area contributed by atoms with Crippen LogP contribution in [-0.2, 0) is 4.74 Å². The molecule has 0 saturated carbocycles. The Morgan fingerprint density at radius 2 is 2.08 bits per heavy atom. The Labute approximate surface area is 78.5 Å². The predicted molar refractivity (Wildman–Crippen MR) is 50.8 cm³/mol. The summed E-state index contributed by atoms with van der Waals surface area (Å²) < 4.78 is 11.0. The molecule has 1 aromatic rings. The van der Waals surface area contributed by atoms with Gasteiger partial charge in [-0.1, -0.05) is 17.7 Å². The van der Waals surface area contributed by atoms with Crippen molar-refractivity contribution in [1.29, 1.82) is 0 Å². The molecule has 1 aliphatic heterocycles. The molecule has 13 heavy (non-hydrogen) atoms. The van der Waals surface area contributed by atoms with E-state index in [-0.39, 0.29) is 6.29 Å². The lowest BCUT2D eigenvalue weighted by Gasteiger charge is -2.12. The van der Waals surface area contributed by atoms with Crippen LogP contribution < -0.4 is 4.74 Å². The van der Waals surface area contributed by atoms with Gasteiger partial charge in [0.2, 0.25) is 0 Å². The Morgan fingerprint density at radius 3 is 2.69 bits per heavy atom. The normalized spacial score (nSPS) is 21.8. The zero-order valence-corrected chi connectivity index (χ0v) is 7.82. The highest BCUT2D eigenvalue weighted by atomic mass is 16.7. The Kier molecular flexibility index (Phi) is 2.50. The predicted octanol–water partition coefficient (Wildman–Crippen LogP) is 2.51. The average molecular weight is 178 g/mol. The second-order valence-corrected chi connectivity index (χ2v) is 3.37. The summed E-state index contributed by atoms with van der Waals surface area (Å²) in [6, 6.07) is 8.06. The SMILES string of the molecule is Cc1ccc(OC2CCCO2)cc1. The van der Waals surface area contributed by atoms with Crippen LogP contribution in [0.1, 0.15) is 18.4 Å². The Balaban J connectivity index is 1.97. The maximum atomic E-state index is 5.61. The van der Waals surface area contributed by atoms with Gasteiger partial charge in [-0.25, -0.2) is 0 Å². The number of aryl methyl sites for hydroxylation is 1. The molecule has 1 saturated heterocycles. The number of hydrogen-bond acceptors (Lipinski definition) is 2. The van der Waals surface area contributed by atoms with Crippen LogP contribution >= 0.6 is 0 Å². The van der Waals surface area contributed by atoms with E-state index in [1.165, 1.54) is 5.56 Å². The standard InChI is InChI=1S/C11H14O2/c1-9-4-6-10(7-5-9)13-11-3-2-8-12-11/h4-7,11H,2-3,8H2,1H3. The zero-order valence-electron chi connectivity index (χ0n) is 7.82. The van der Waals surface area contributed by atoms with Crippen molar-refractivity contribution in [2.45, 2.75) is 26.1 Å². The van der Waals surface area contributed by atoms with Crippen molar-refractivity contribution in [3.05, 3.63) is 29.8 Å². The van der Waals surface area contributed by atoms with Gasteiger partial charge in [0.1, 0.15) is 5.75 Å². The quantitative estimate of drug-likeness (QED) is 0.692. The first-order valence-corrected chi connectivity index (χ1v) is 4.69. The van der Waals surface area contributed by atoms with E-state index >= 15 is 0 Å². The fraction of sp³-hybridized carbons (Fsp3) is 0.455. The molecule has 1 heterocycles. The van der Waals surface area contributed by atoms with Crippen molar-refractivity contribution >= 4 is 0 Å². The minimum Gasteiger partial charge on any atom is -0.465 e. The van der Waals surface area contributed by atoms with Gasteiger partial charge in [0.05, 0.1) is 6.61 Å². The van der Waals surface area contributed by atoms with E-state index in [0.717, 1.165) is 25.2 Å². The number of benzene rings is 1. The first-order chi connectivity index (χ1) is 6.34. The van der Waals surface area contributed by atoms with Gasteiger partial charge in [-0.3, -0.25) is 0 Å². The molecular weight excluding hydrogens is 164 g/mol. The number of rotatable bonds is 2. The van der Waals surface area contributed by atoms with Crippen molar-refractivity contribution in [1.82, 2.24) is 0 Å². The minimum atomic E-state index is -0.0253. The molecule has 1 aromatic carbocycles. The van der Waals surface area contributed by atoms with Crippen molar-refractivity contribution in [2.75, 3.05) is 6.61 Å². The van der Waals surface area contributed by atoms with Crippen molar-refractivity contribution in [3.8, 4) is 5.75 Å². The Hall–Kier alpha value is -1.02. The van der Waals surface area contributed by atoms with Gasteiger partial charge in [-0.05, 0) is 25.5 Å². The molecule has 0 aliphatic carbocycles. The van der Waals surface area contributed by atoms with Crippen molar-refractivity contribution < 1.29 is 9.47 Å². The van der Waals surface area contributed by atoms with Crippen LogP contribution in [0.15, 0.2) is 24.3 Å². The smallest absolute Gasteiger partial charge is 0.199 e. The monoisotopic (exact) mass is 178 g/mol. The van der Waals surface area contributed by atoms with Gasteiger partial charge in [0.25, 0.3) is 0 Å². The first-order valence-electron chi connectivity index (χ1n) is 4.69. The molecule has 1 atom stereocenters. The molecule has 2 rings (SSSR count). The van der Waals surface area contributed by atoms with E-state index in [4.69, 9.17) is 9.47 Å². The zero-order chi connectivity index (χ0) is 9.10. The molecule has 0 bridgehead atoms. The molecule has 2 nitrogen and oxygen atoms in total. The van der Waals surface area contributed by atoms with Crippen LogP contribution in [0.25, 0.3) is 0 Å². The third-order valence-electron chi connectivity index (χ3n) is 2.18.